The van der Waals surface area contributed by atoms with Gasteiger partial charge in [0.2, 0.25) is 5.91 Å². The minimum atomic E-state index is 0.0890. The Bertz CT molecular complexity index is 782. The average Bonchev–Trinajstić information content (AvgIpc) is 2.87. The van der Waals surface area contributed by atoms with Gasteiger partial charge in [0, 0.05) is 12.2 Å². The molecule has 1 heterocycles. The summed E-state index contributed by atoms with van der Waals surface area (Å²) in [6.07, 6.45) is 3.27. The van der Waals surface area contributed by atoms with Gasteiger partial charge in [-0.05, 0) is 50.2 Å². The van der Waals surface area contributed by atoms with E-state index in [1.165, 1.54) is 16.8 Å². The molecule has 26 heavy (non-hydrogen) atoms. The molecule has 1 aromatic heterocycles. The predicted molar refractivity (Wildman–Crippen MR) is 108 cm³/mol. The highest BCUT2D eigenvalue weighted by molar-refractivity contribution is 7.99. The second kappa shape index (κ2) is 8.30. The van der Waals surface area contributed by atoms with Crippen molar-refractivity contribution in [1.29, 1.82) is 0 Å². The second-order valence-corrected chi connectivity index (χ2v) is 8.51. The highest BCUT2D eigenvalue weighted by atomic mass is 32.2. The van der Waals surface area contributed by atoms with E-state index in [1.54, 1.807) is 11.8 Å². The van der Waals surface area contributed by atoms with E-state index in [0.717, 1.165) is 36.7 Å². The van der Waals surface area contributed by atoms with Gasteiger partial charge in [-0.15, -0.1) is 0 Å². The number of nitrogens with one attached hydrogen (secondary N) is 1. The zero-order valence-corrected chi connectivity index (χ0v) is 17.0. The van der Waals surface area contributed by atoms with Crippen molar-refractivity contribution in [3.8, 4) is 0 Å². The first-order valence-corrected chi connectivity index (χ1v) is 10.5. The summed E-state index contributed by atoms with van der Waals surface area (Å²) in [7, 11) is 0. The molecule has 1 atom stereocenters. The molecule has 0 bridgehead atoms. The maximum atomic E-state index is 12.6. The van der Waals surface area contributed by atoms with Gasteiger partial charge in [-0.2, -0.15) is 0 Å². The Balaban J connectivity index is 1.63. The fourth-order valence-corrected chi connectivity index (χ4v) is 4.50. The van der Waals surface area contributed by atoms with Crippen molar-refractivity contribution in [2.75, 3.05) is 5.75 Å². The average molecular weight is 372 g/mol. The number of thioether (sulfide) groups is 1. The molecule has 1 aromatic carbocycles. The molecule has 1 aliphatic rings. The molecule has 0 saturated heterocycles. The van der Waals surface area contributed by atoms with Gasteiger partial charge >= 0.3 is 0 Å². The van der Waals surface area contributed by atoms with Gasteiger partial charge in [0.15, 0.2) is 5.16 Å². The molecule has 140 valence electrons. The van der Waals surface area contributed by atoms with Crippen LogP contribution in [0.1, 0.15) is 55.2 Å². The summed E-state index contributed by atoms with van der Waals surface area (Å²) in [6, 6.07) is 8.61. The zero-order chi connectivity index (χ0) is 18.7. The van der Waals surface area contributed by atoms with E-state index in [0.29, 0.717) is 11.7 Å². The van der Waals surface area contributed by atoms with Gasteiger partial charge in [-0.25, -0.2) is 4.98 Å². The summed E-state index contributed by atoms with van der Waals surface area (Å²) >= 11 is 1.54. The number of hydrogen-bond acceptors (Lipinski definition) is 3. The van der Waals surface area contributed by atoms with Crippen molar-refractivity contribution in [2.45, 2.75) is 64.7 Å². The van der Waals surface area contributed by atoms with E-state index in [-0.39, 0.29) is 11.9 Å². The molecular formula is C21H29N3OS. The van der Waals surface area contributed by atoms with E-state index in [2.05, 4.69) is 59.9 Å². The second-order valence-electron chi connectivity index (χ2n) is 7.57. The Morgan fingerprint density at radius 3 is 2.88 bits per heavy atom. The predicted octanol–water partition coefficient (Wildman–Crippen LogP) is 4.44. The van der Waals surface area contributed by atoms with Gasteiger partial charge in [0.1, 0.15) is 0 Å². The topological polar surface area (TPSA) is 46.9 Å². The number of imidazole rings is 1. The van der Waals surface area contributed by atoms with Crippen molar-refractivity contribution in [3.05, 3.63) is 46.8 Å². The molecule has 0 saturated carbocycles. The number of aryl methyl sites for hydroxylation is 2. The number of benzene rings is 1. The number of fused-ring (bicyclic) bond motifs is 1. The summed E-state index contributed by atoms with van der Waals surface area (Å²) in [5, 5.41) is 4.18. The Labute approximate surface area is 160 Å². The lowest BCUT2D eigenvalue weighted by atomic mass is 9.88. The highest BCUT2D eigenvalue weighted by Crippen LogP contribution is 2.30. The van der Waals surface area contributed by atoms with Crippen molar-refractivity contribution in [1.82, 2.24) is 14.9 Å². The lowest BCUT2D eigenvalue weighted by Crippen LogP contribution is -2.32. The van der Waals surface area contributed by atoms with Crippen LogP contribution in [0.5, 0.6) is 0 Å². The first-order chi connectivity index (χ1) is 12.5. The molecule has 0 radical (unpaired) electrons. The van der Waals surface area contributed by atoms with Crippen molar-refractivity contribution in [2.24, 2.45) is 5.92 Å². The number of amides is 1. The third-order valence-corrected chi connectivity index (χ3v) is 5.98. The quantitative estimate of drug-likeness (QED) is 0.764. The van der Waals surface area contributed by atoms with Crippen LogP contribution in [0, 0.1) is 19.8 Å². The first kappa shape index (κ1) is 19.0. The molecule has 1 amide bonds. The molecule has 3 rings (SSSR count). The molecule has 5 heteroatoms. The molecule has 0 aliphatic heterocycles. The molecule has 1 N–H and O–H groups in total. The number of nitrogens with zero attached hydrogens (tertiary/aromatic N) is 2. The highest BCUT2D eigenvalue weighted by Gasteiger charge is 2.22. The van der Waals surface area contributed by atoms with Crippen molar-refractivity contribution >= 4 is 17.7 Å². The SMILES string of the molecule is Cc1nc(SCC(=O)N[C@H]2CCCc3ccccc32)n(CC(C)C)c1C. The third kappa shape index (κ3) is 4.32. The fourth-order valence-electron chi connectivity index (χ4n) is 3.58. The van der Waals surface area contributed by atoms with Crippen LogP contribution in [0.2, 0.25) is 0 Å². The van der Waals surface area contributed by atoms with Crippen LogP contribution >= 0.6 is 11.8 Å². The van der Waals surface area contributed by atoms with Crippen LogP contribution < -0.4 is 5.32 Å². The molecular weight excluding hydrogens is 342 g/mol. The molecule has 1 aliphatic carbocycles. The fraction of sp³-hybridized carbons (Fsp3) is 0.524. The van der Waals surface area contributed by atoms with Gasteiger partial charge in [0.25, 0.3) is 0 Å². The molecule has 0 spiro atoms. The number of carbonyl (C=O) groups excluding carboxylic acids is 1. The van der Waals surface area contributed by atoms with Crippen LogP contribution in [0.4, 0.5) is 0 Å². The van der Waals surface area contributed by atoms with Crippen LogP contribution in [0.3, 0.4) is 0 Å². The number of hydrogen-bond donors (Lipinski definition) is 1. The van der Waals surface area contributed by atoms with Gasteiger partial charge in [0.05, 0.1) is 17.5 Å². The van der Waals surface area contributed by atoms with Crippen molar-refractivity contribution in [3.63, 3.8) is 0 Å². The molecule has 0 unspecified atom stereocenters. The van der Waals surface area contributed by atoms with Crippen LogP contribution in [-0.2, 0) is 17.8 Å². The number of aromatic nitrogens is 2. The summed E-state index contributed by atoms with van der Waals surface area (Å²) in [5.41, 5.74) is 4.90. The van der Waals surface area contributed by atoms with Gasteiger partial charge < -0.3 is 9.88 Å². The molecule has 0 fully saturated rings. The van der Waals surface area contributed by atoms with Crippen LogP contribution in [-0.4, -0.2) is 21.2 Å². The third-order valence-electron chi connectivity index (χ3n) is 5.01. The maximum absolute atomic E-state index is 12.6. The summed E-state index contributed by atoms with van der Waals surface area (Å²) in [6.45, 7) is 9.49. The van der Waals surface area contributed by atoms with Crippen LogP contribution in [0.15, 0.2) is 29.4 Å². The summed E-state index contributed by atoms with van der Waals surface area (Å²) in [5.74, 6) is 1.05. The smallest absolute Gasteiger partial charge is 0.230 e. The lowest BCUT2D eigenvalue weighted by Gasteiger charge is -2.26. The van der Waals surface area contributed by atoms with Gasteiger partial charge in [-0.1, -0.05) is 49.9 Å². The van der Waals surface area contributed by atoms with Crippen LogP contribution in [0.25, 0.3) is 0 Å². The Kier molecular flexibility index (Phi) is 6.07. The minimum absolute atomic E-state index is 0.0890. The van der Waals surface area contributed by atoms with E-state index in [1.807, 2.05) is 6.92 Å². The monoisotopic (exact) mass is 371 g/mol. The maximum Gasteiger partial charge on any atom is 0.230 e. The summed E-state index contributed by atoms with van der Waals surface area (Å²) in [4.78, 5) is 17.2. The first-order valence-electron chi connectivity index (χ1n) is 9.49. The zero-order valence-electron chi connectivity index (χ0n) is 16.2. The Hall–Kier alpha value is -1.75. The van der Waals surface area contributed by atoms with E-state index < -0.39 is 0 Å². The Morgan fingerprint density at radius 2 is 2.12 bits per heavy atom. The van der Waals surface area contributed by atoms with Gasteiger partial charge in [-0.3, -0.25) is 4.79 Å². The summed E-state index contributed by atoms with van der Waals surface area (Å²) < 4.78 is 2.24. The van der Waals surface area contributed by atoms with Crippen molar-refractivity contribution < 1.29 is 4.79 Å². The van der Waals surface area contributed by atoms with E-state index in [9.17, 15) is 4.79 Å². The minimum Gasteiger partial charge on any atom is -0.349 e. The Morgan fingerprint density at radius 1 is 1.35 bits per heavy atom. The molecule has 2 aromatic rings. The van der Waals surface area contributed by atoms with E-state index in [4.69, 9.17) is 0 Å². The lowest BCUT2D eigenvalue weighted by molar-refractivity contribution is -0.119. The van der Waals surface area contributed by atoms with E-state index >= 15 is 0 Å². The largest absolute Gasteiger partial charge is 0.349 e. The number of rotatable bonds is 6. The standard InChI is InChI=1S/C21H29N3OS/c1-14(2)12-24-16(4)15(3)22-21(24)26-13-20(25)23-19-11-7-9-17-8-5-6-10-18(17)19/h5-6,8,10,14,19H,7,9,11-13H2,1-4H3,(H,23,25)/t19-/m0/s1. The molecule has 4 nitrogen and oxygen atoms in total. The number of carbonyl (C=O) groups is 1. The normalized spacial score (nSPS) is 16.6.